The van der Waals surface area contributed by atoms with Gasteiger partial charge in [-0.25, -0.2) is 4.98 Å². The number of hydrogen-bond acceptors (Lipinski definition) is 6. The van der Waals surface area contributed by atoms with Crippen molar-refractivity contribution in [2.75, 3.05) is 24.5 Å². The number of nitrogens with zero attached hydrogens (tertiary/aromatic N) is 4. The Labute approximate surface area is 201 Å². The second kappa shape index (κ2) is 9.11. The molecule has 0 atom stereocenters. The van der Waals surface area contributed by atoms with E-state index in [4.69, 9.17) is 17.2 Å². The van der Waals surface area contributed by atoms with E-state index in [-0.39, 0.29) is 11.5 Å². The molecule has 6 nitrogen and oxygen atoms in total. The molecule has 1 aromatic carbocycles. The highest BCUT2D eigenvalue weighted by Crippen LogP contribution is 2.34. The molecule has 0 saturated carbocycles. The van der Waals surface area contributed by atoms with Crippen LogP contribution in [0.1, 0.15) is 29.5 Å². The second-order valence-corrected chi connectivity index (χ2v) is 9.98. The van der Waals surface area contributed by atoms with Crippen molar-refractivity contribution in [1.29, 1.82) is 0 Å². The maximum atomic E-state index is 13.5. The first-order valence-corrected chi connectivity index (χ1v) is 12.3. The van der Waals surface area contributed by atoms with Crippen LogP contribution >= 0.6 is 24.0 Å². The van der Waals surface area contributed by atoms with Crippen molar-refractivity contribution in [3.63, 3.8) is 0 Å². The van der Waals surface area contributed by atoms with Gasteiger partial charge in [-0.15, -0.1) is 0 Å². The van der Waals surface area contributed by atoms with Gasteiger partial charge < -0.3 is 4.90 Å². The van der Waals surface area contributed by atoms with E-state index in [1.165, 1.54) is 11.8 Å². The molecule has 3 aromatic rings. The Balaban J connectivity index is 1.52. The molecule has 2 aliphatic rings. The molecule has 0 N–H and O–H groups in total. The standard InChI is InChI=1S/C25H24N4O2S2/c1-17-8-7-14-28-21(17)26-22(27-12-5-6-13-27)19(23(28)30)16-20-24(31)29(25(32)33-20)15-11-18-9-3-2-4-10-18/h2-4,7-10,14,16H,5-6,11-13,15H2,1H3/b20-16+. The lowest BCUT2D eigenvalue weighted by molar-refractivity contribution is -0.122. The van der Waals surface area contributed by atoms with Gasteiger partial charge in [-0.1, -0.05) is 60.4 Å². The van der Waals surface area contributed by atoms with E-state index < -0.39 is 0 Å². The quantitative estimate of drug-likeness (QED) is 0.409. The SMILES string of the molecule is Cc1cccn2c(=O)c(/C=C3/SC(=S)N(CCc4ccccc4)C3=O)c(N3CCCC3)nc12. The normalized spacial score (nSPS) is 17.7. The van der Waals surface area contributed by atoms with Gasteiger partial charge >= 0.3 is 0 Å². The fraction of sp³-hybridized carbons (Fsp3) is 0.280. The van der Waals surface area contributed by atoms with Crippen LogP contribution in [-0.4, -0.2) is 44.1 Å². The summed E-state index contributed by atoms with van der Waals surface area (Å²) < 4.78 is 2.09. The Bertz CT molecular complexity index is 1330. The molecule has 1 amide bonds. The van der Waals surface area contributed by atoms with E-state index in [2.05, 4.69) is 4.90 Å². The minimum Gasteiger partial charge on any atom is -0.356 e. The van der Waals surface area contributed by atoms with Gasteiger partial charge in [-0.2, -0.15) is 0 Å². The number of aryl methyl sites for hydroxylation is 1. The maximum absolute atomic E-state index is 13.5. The Kier molecular flexibility index (Phi) is 6.03. The molecule has 33 heavy (non-hydrogen) atoms. The number of pyridine rings is 1. The Morgan fingerprint density at radius 3 is 2.61 bits per heavy atom. The summed E-state index contributed by atoms with van der Waals surface area (Å²) in [5.74, 6) is 0.503. The van der Waals surface area contributed by atoms with Gasteiger partial charge in [0.25, 0.3) is 11.5 Å². The molecule has 5 rings (SSSR count). The minimum atomic E-state index is -0.167. The first kappa shape index (κ1) is 21.9. The van der Waals surface area contributed by atoms with Crippen LogP contribution in [0.25, 0.3) is 11.7 Å². The number of anilines is 1. The summed E-state index contributed by atoms with van der Waals surface area (Å²) >= 11 is 6.77. The number of amides is 1. The van der Waals surface area contributed by atoms with Crippen LogP contribution in [0.2, 0.25) is 0 Å². The van der Waals surface area contributed by atoms with Crippen LogP contribution in [0.4, 0.5) is 5.82 Å². The van der Waals surface area contributed by atoms with Gasteiger partial charge in [0.05, 0.1) is 10.5 Å². The van der Waals surface area contributed by atoms with Gasteiger partial charge in [0, 0.05) is 25.8 Å². The van der Waals surface area contributed by atoms with E-state index in [9.17, 15) is 9.59 Å². The van der Waals surface area contributed by atoms with Gasteiger partial charge in [0.2, 0.25) is 0 Å². The number of carbonyl (C=O) groups is 1. The minimum absolute atomic E-state index is 0.151. The van der Waals surface area contributed by atoms with Crippen LogP contribution in [0.15, 0.2) is 58.4 Å². The zero-order valence-corrected chi connectivity index (χ0v) is 20.0. The molecule has 0 spiro atoms. The lowest BCUT2D eigenvalue weighted by atomic mass is 10.1. The monoisotopic (exact) mass is 476 g/mol. The fourth-order valence-electron chi connectivity index (χ4n) is 4.31. The molecule has 4 heterocycles. The van der Waals surface area contributed by atoms with Gasteiger partial charge in [-0.05, 0) is 49.5 Å². The van der Waals surface area contributed by atoms with E-state index >= 15 is 0 Å². The molecule has 8 heteroatoms. The molecular weight excluding hydrogens is 452 g/mol. The largest absolute Gasteiger partial charge is 0.356 e. The van der Waals surface area contributed by atoms with Crippen LogP contribution < -0.4 is 10.5 Å². The molecule has 0 aliphatic carbocycles. The van der Waals surface area contributed by atoms with Crippen molar-refractivity contribution in [2.24, 2.45) is 0 Å². The van der Waals surface area contributed by atoms with Gasteiger partial charge in [0.15, 0.2) is 0 Å². The molecule has 0 radical (unpaired) electrons. The number of benzene rings is 1. The van der Waals surface area contributed by atoms with E-state index in [1.807, 2.05) is 49.4 Å². The van der Waals surface area contributed by atoms with Crippen LogP contribution in [0.3, 0.4) is 0 Å². The number of carbonyl (C=O) groups excluding carboxylic acids is 1. The molecule has 168 valence electrons. The van der Waals surface area contributed by atoms with Gasteiger partial charge in [0.1, 0.15) is 15.8 Å². The van der Waals surface area contributed by atoms with Crippen molar-refractivity contribution < 1.29 is 4.79 Å². The zero-order valence-electron chi connectivity index (χ0n) is 18.4. The molecule has 2 aromatic heterocycles. The lowest BCUT2D eigenvalue weighted by Crippen LogP contribution is -2.30. The average molecular weight is 477 g/mol. The van der Waals surface area contributed by atoms with Gasteiger partial charge in [-0.3, -0.25) is 18.9 Å². The number of hydrogen-bond donors (Lipinski definition) is 0. The third kappa shape index (κ3) is 4.20. The number of fused-ring (bicyclic) bond motifs is 1. The second-order valence-electron chi connectivity index (χ2n) is 8.30. The first-order chi connectivity index (χ1) is 16.0. The van der Waals surface area contributed by atoms with Crippen molar-refractivity contribution in [3.8, 4) is 0 Å². The van der Waals surface area contributed by atoms with Crippen LogP contribution in [0, 0.1) is 6.92 Å². The maximum Gasteiger partial charge on any atom is 0.267 e. The summed E-state index contributed by atoms with van der Waals surface area (Å²) in [6, 6.07) is 13.8. The van der Waals surface area contributed by atoms with Crippen molar-refractivity contribution in [1.82, 2.24) is 14.3 Å². The molecule has 2 aliphatic heterocycles. The summed E-state index contributed by atoms with van der Waals surface area (Å²) in [6.07, 6.45) is 6.28. The molecule has 0 bridgehead atoms. The van der Waals surface area contributed by atoms with E-state index in [0.29, 0.717) is 32.8 Å². The van der Waals surface area contributed by atoms with E-state index in [0.717, 1.165) is 43.5 Å². The summed E-state index contributed by atoms with van der Waals surface area (Å²) in [7, 11) is 0. The predicted octanol–water partition coefficient (Wildman–Crippen LogP) is 4.05. The molecule has 0 unspecified atom stereocenters. The highest BCUT2D eigenvalue weighted by atomic mass is 32.2. The molecule has 2 saturated heterocycles. The summed E-state index contributed by atoms with van der Waals surface area (Å²) in [5, 5.41) is 0. The first-order valence-electron chi connectivity index (χ1n) is 11.1. The summed E-state index contributed by atoms with van der Waals surface area (Å²) in [5.41, 5.74) is 3.02. The molecular formula is C25H24N4O2S2. The number of thioether (sulfide) groups is 1. The van der Waals surface area contributed by atoms with Crippen LogP contribution in [0.5, 0.6) is 0 Å². The van der Waals surface area contributed by atoms with Crippen molar-refractivity contribution in [2.45, 2.75) is 26.2 Å². The molecule has 2 fully saturated rings. The predicted molar refractivity (Wildman–Crippen MR) is 138 cm³/mol. The average Bonchev–Trinajstić information content (AvgIpc) is 3.44. The smallest absolute Gasteiger partial charge is 0.267 e. The fourth-order valence-corrected chi connectivity index (χ4v) is 5.60. The highest BCUT2D eigenvalue weighted by molar-refractivity contribution is 8.26. The van der Waals surface area contributed by atoms with Crippen molar-refractivity contribution >= 4 is 51.7 Å². The Morgan fingerprint density at radius 2 is 1.85 bits per heavy atom. The number of rotatable bonds is 5. The van der Waals surface area contributed by atoms with Crippen LogP contribution in [-0.2, 0) is 11.2 Å². The summed E-state index contributed by atoms with van der Waals surface area (Å²) in [4.78, 5) is 35.8. The summed E-state index contributed by atoms with van der Waals surface area (Å²) in [6.45, 7) is 4.17. The number of thiocarbonyl (C=S) groups is 1. The third-order valence-corrected chi connectivity index (χ3v) is 7.46. The Hall–Kier alpha value is -2.97. The highest BCUT2D eigenvalue weighted by Gasteiger charge is 2.33. The zero-order chi connectivity index (χ0) is 22.9. The van der Waals surface area contributed by atoms with E-state index in [1.54, 1.807) is 21.6 Å². The third-order valence-electron chi connectivity index (χ3n) is 6.09. The Morgan fingerprint density at radius 1 is 1.09 bits per heavy atom. The number of aromatic nitrogens is 2. The van der Waals surface area contributed by atoms with Crippen molar-refractivity contribution in [3.05, 3.63) is 80.6 Å². The topological polar surface area (TPSA) is 57.9 Å². The lowest BCUT2D eigenvalue weighted by Gasteiger charge is -2.20.